The van der Waals surface area contributed by atoms with E-state index in [9.17, 15) is 10.1 Å². The third-order valence-electron chi connectivity index (χ3n) is 3.22. The lowest BCUT2D eigenvalue weighted by Crippen LogP contribution is -2.01. The minimum Gasteiger partial charge on any atom is -0.493 e. The zero-order valence-electron chi connectivity index (χ0n) is 11.9. The molecule has 0 bridgehead atoms. The summed E-state index contributed by atoms with van der Waals surface area (Å²) >= 11 is 0. The van der Waals surface area contributed by atoms with Gasteiger partial charge in [-0.25, -0.2) is 0 Å². The molecule has 0 atom stereocenters. The van der Waals surface area contributed by atoms with E-state index in [1.807, 2.05) is 31.2 Å². The van der Waals surface area contributed by atoms with Crippen LogP contribution in [0.15, 0.2) is 42.5 Å². The third kappa shape index (κ3) is 4.21. The molecule has 2 aromatic rings. The van der Waals surface area contributed by atoms with Crippen molar-refractivity contribution in [2.75, 3.05) is 12.3 Å². The van der Waals surface area contributed by atoms with Gasteiger partial charge in [-0.1, -0.05) is 12.1 Å². The molecule has 0 saturated carbocycles. The first-order valence-corrected chi connectivity index (χ1v) is 6.78. The molecule has 2 rings (SSSR count). The lowest BCUT2D eigenvalue weighted by atomic mass is 10.1. The van der Waals surface area contributed by atoms with E-state index in [4.69, 9.17) is 10.5 Å². The molecule has 21 heavy (non-hydrogen) atoms. The summed E-state index contributed by atoms with van der Waals surface area (Å²) in [6, 6.07) is 12.4. The van der Waals surface area contributed by atoms with Gasteiger partial charge < -0.3 is 10.5 Å². The molecule has 0 saturated heterocycles. The van der Waals surface area contributed by atoms with Crippen LogP contribution < -0.4 is 10.5 Å². The Balaban J connectivity index is 1.83. The predicted molar refractivity (Wildman–Crippen MR) is 82.5 cm³/mol. The van der Waals surface area contributed by atoms with Crippen molar-refractivity contribution in [3.8, 4) is 5.75 Å². The van der Waals surface area contributed by atoms with Crippen molar-refractivity contribution in [1.82, 2.24) is 0 Å². The Bertz CT molecular complexity index is 624. The highest BCUT2D eigenvalue weighted by molar-refractivity contribution is 5.43. The maximum absolute atomic E-state index is 10.7. The van der Waals surface area contributed by atoms with E-state index in [-0.39, 0.29) is 5.69 Å². The SMILES string of the molecule is Cc1cc([N+](=O)[O-])ccc1OCCCc1ccc(N)cc1. The number of nitro benzene ring substituents is 1. The fourth-order valence-corrected chi connectivity index (χ4v) is 2.05. The number of hydrogen-bond donors (Lipinski definition) is 1. The Labute approximate surface area is 123 Å². The fourth-order valence-electron chi connectivity index (χ4n) is 2.05. The molecule has 0 radical (unpaired) electrons. The lowest BCUT2D eigenvalue weighted by Gasteiger charge is -2.09. The first kappa shape index (κ1) is 14.8. The summed E-state index contributed by atoms with van der Waals surface area (Å²) < 4.78 is 5.67. The van der Waals surface area contributed by atoms with Crippen LogP contribution in [0.25, 0.3) is 0 Å². The summed E-state index contributed by atoms with van der Waals surface area (Å²) in [5.74, 6) is 0.693. The Morgan fingerprint density at radius 2 is 1.90 bits per heavy atom. The molecule has 0 unspecified atom stereocenters. The van der Waals surface area contributed by atoms with Gasteiger partial charge in [-0.3, -0.25) is 10.1 Å². The number of benzene rings is 2. The maximum atomic E-state index is 10.7. The standard InChI is InChI=1S/C16H18N2O3/c1-12-11-15(18(19)20)8-9-16(12)21-10-2-3-13-4-6-14(17)7-5-13/h4-9,11H,2-3,10,17H2,1H3. The van der Waals surface area contributed by atoms with E-state index >= 15 is 0 Å². The second-order valence-electron chi connectivity index (χ2n) is 4.90. The first-order chi connectivity index (χ1) is 10.1. The topological polar surface area (TPSA) is 78.4 Å². The van der Waals surface area contributed by atoms with Gasteiger partial charge in [-0.05, 0) is 49.1 Å². The summed E-state index contributed by atoms with van der Waals surface area (Å²) in [5.41, 5.74) is 8.47. The Kier molecular flexibility index (Phi) is 4.77. The van der Waals surface area contributed by atoms with E-state index < -0.39 is 4.92 Å². The largest absolute Gasteiger partial charge is 0.493 e. The van der Waals surface area contributed by atoms with Crippen LogP contribution in [0, 0.1) is 17.0 Å². The molecule has 0 aliphatic carbocycles. The van der Waals surface area contributed by atoms with E-state index in [1.165, 1.54) is 17.7 Å². The number of anilines is 1. The lowest BCUT2D eigenvalue weighted by molar-refractivity contribution is -0.384. The van der Waals surface area contributed by atoms with E-state index in [2.05, 4.69) is 0 Å². The highest BCUT2D eigenvalue weighted by Crippen LogP contribution is 2.23. The minimum atomic E-state index is -0.405. The number of hydrogen-bond acceptors (Lipinski definition) is 4. The number of nitro groups is 1. The molecule has 2 aromatic carbocycles. The number of rotatable bonds is 6. The molecule has 0 aromatic heterocycles. The number of aryl methyl sites for hydroxylation is 2. The molecule has 0 fully saturated rings. The van der Waals surface area contributed by atoms with Crippen LogP contribution in [0.1, 0.15) is 17.5 Å². The molecule has 5 heteroatoms. The highest BCUT2D eigenvalue weighted by atomic mass is 16.6. The van der Waals surface area contributed by atoms with Gasteiger partial charge in [0.1, 0.15) is 5.75 Å². The van der Waals surface area contributed by atoms with Crippen molar-refractivity contribution in [2.24, 2.45) is 0 Å². The molecule has 0 amide bonds. The molecule has 5 nitrogen and oxygen atoms in total. The first-order valence-electron chi connectivity index (χ1n) is 6.78. The monoisotopic (exact) mass is 286 g/mol. The van der Waals surface area contributed by atoms with Gasteiger partial charge in [0.2, 0.25) is 0 Å². The van der Waals surface area contributed by atoms with Crippen molar-refractivity contribution in [1.29, 1.82) is 0 Å². The van der Waals surface area contributed by atoms with Gasteiger partial charge in [-0.2, -0.15) is 0 Å². The second kappa shape index (κ2) is 6.74. The minimum absolute atomic E-state index is 0.0849. The molecule has 2 N–H and O–H groups in total. The summed E-state index contributed by atoms with van der Waals surface area (Å²) in [7, 11) is 0. The highest BCUT2D eigenvalue weighted by Gasteiger charge is 2.08. The summed E-state index contributed by atoms with van der Waals surface area (Å²) in [5, 5.41) is 10.7. The van der Waals surface area contributed by atoms with Gasteiger partial charge >= 0.3 is 0 Å². The van der Waals surface area contributed by atoms with Crippen LogP contribution in [-0.2, 0) is 6.42 Å². The average Bonchev–Trinajstić information content (AvgIpc) is 2.46. The van der Waals surface area contributed by atoms with Crippen LogP contribution >= 0.6 is 0 Å². The molecule has 0 aliphatic heterocycles. The van der Waals surface area contributed by atoms with Crippen molar-refractivity contribution < 1.29 is 9.66 Å². The Hall–Kier alpha value is -2.56. The zero-order valence-corrected chi connectivity index (χ0v) is 11.9. The summed E-state index contributed by atoms with van der Waals surface area (Å²) in [6.07, 6.45) is 1.78. The fraction of sp³-hybridized carbons (Fsp3) is 0.250. The van der Waals surface area contributed by atoms with E-state index in [0.717, 1.165) is 24.1 Å². The molecule has 0 aliphatic rings. The van der Waals surface area contributed by atoms with Gasteiger partial charge in [0.05, 0.1) is 11.5 Å². The average molecular weight is 286 g/mol. The Morgan fingerprint density at radius 3 is 2.52 bits per heavy atom. The van der Waals surface area contributed by atoms with Crippen molar-refractivity contribution >= 4 is 11.4 Å². The van der Waals surface area contributed by atoms with Gasteiger partial charge in [0.15, 0.2) is 0 Å². The zero-order chi connectivity index (χ0) is 15.2. The normalized spacial score (nSPS) is 10.3. The summed E-state index contributed by atoms with van der Waals surface area (Å²) in [6.45, 7) is 2.38. The number of ether oxygens (including phenoxy) is 1. The van der Waals surface area contributed by atoms with E-state index in [0.29, 0.717) is 12.4 Å². The van der Waals surface area contributed by atoms with Crippen LogP contribution in [-0.4, -0.2) is 11.5 Å². The number of non-ortho nitro benzene ring substituents is 1. The summed E-state index contributed by atoms with van der Waals surface area (Å²) in [4.78, 5) is 10.3. The molecular formula is C16H18N2O3. The van der Waals surface area contributed by atoms with Gasteiger partial charge in [-0.15, -0.1) is 0 Å². The Morgan fingerprint density at radius 1 is 1.19 bits per heavy atom. The number of nitrogens with two attached hydrogens (primary N) is 1. The molecule has 0 spiro atoms. The van der Waals surface area contributed by atoms with Crippen LogP contribution in [0.5, 0.6) is 5.75 Å². The van der Waals surface area contributed by atoms with Crippen molar-refractivity contribution in [3.05, 3.63) is 63.7 Å². The molecule has 0 heterocycles. The van der Waals surface area contributed by atoms with Crippen molar-refractivity contribution in [2.45, 2.75) is 19.8 Å². The van der Waals surface area contributed by atoms with Gasteiger partial charge in [0, 0.05) is 17.8 Å². The number of nitrogen functional groups attached to an aromatic ring is 1. The smallest absolute Gasteiger partial charge is 0.269 e. The van der Waals surface area contributed by atoms with Crippen LogP contribution in [0.2, 0.25) is 0 Å². The molecule has 110 valence electrons. The molecular weight excluding hydrogens is 268 g/mol. The quantitative estimate of drug-likeness (QED) is 0.381. The maximum Gasteiger partial charge on any atom is 0.269 e. The van der Waals surface area contributed by atoms with E-state index in [1.54, 1.807) is 6.07 Å². The van der Waals surface area contributed by atoms with Crippen LogP contribution in [0.4, 0.5) is 11.4 Å². The second-order valence-corrected chi connectivity index (χ2v) is 4.90. The van der Waals surface area contributed by atoms with Gasteiger partial charge in [0.25, 0.3) is 5.69 Å². The third-order valence-corrected chi connectivity index (χ3v) is 3.22. The predicted octanol–water partition coefficient (Wildman–Crippen LogP) is 3.50. The van der Waals surface area contributed by atoms with Crippen LogP contribution in [0.3, 0.4) is 0 Å². The van der Waals surface area contributed by atoms with Crippen molar-refractivity contribution in [3.63, 3.8) is 0 Å². The number of nitrogens with zero attached hydrogens (tertiary/aromatic N) is 1.